The minimum absolute atomic E-state index is 0.631. The first-order valence-electron chi connectivity index (χ1n) is 11.9. The summed E-state index contributed by atoms with van der Waals surface area (Å²) in [6.07, 6.45) is 9.88. The number of methoxy groups -OCH3 is 4. The normalized spacial score (nSPS) is 11.0. The van der Waals surface area contributed by atoms with Crippen LogP contribution >= 0.6 is 0 Å². The standard InChI is InChI=1S/C28H33N3O4/c1-6-7-8-9-20-23(17-31-13-12-29-18-31)30-22-16-27(35-5)26(34-4)15-21(22)28(20)19-10-11-24(32-2)25(14-19)33-3/h10-16,18H,6-9,17H2,1-5H3. The zero-order chi connectivity index (χ0) is 24.8. The van der Waals surface area contributed by atoms with E-state index in [-0.39, 0.29) is 0 Å². The van der Waals surface area contributed by atoms with Crippen LogP contribution in [0.1, 0.15) is 37.4 Å². The molecule has 0 aliphatic rings. The molecule has 0 aliphatic carbocycles. The maximum atomic E-state index is 5.66. The average molecular weight is 476 g/mol. The second-order valence-corrected chi connectivity index (χ2v) is 8.40. The number of benzene rings is 2. The molecular formula is C28H33N3O4. The SMILES string of the molecule is CCCCCc1c(Cn2ccnc2)nc2cc(OC)c(OC)cc2c1-c1ccc(OC)c(OC)c1. The Morgan fingerprint density at radius 1 is 0.829 bits per heavy atom. The Morgan fingerprint density at radius 2 is 1.54 bits per heavy atom. The first-order valence-corrected chi connectivity index (χ1v) is 11.9. The number of nitrogens with zero attached hydrogens (tertiary/aromatic N) is 3. The van der Waals surface area contributed by atoms with Crippen molar-refractivity contribution in [3.05, 3.63) is 60.3 Å². The lowest BCUT2D eigenvalue weighted by atomic mass is 9.90. The van der Waals surface area contributed by atoms with Crippen LogP contribution in [-0.2, 0) is 13.0 Å². The highest BCUT2D eigenvalue weighted by Gasteiger charge is 2.20. The Morgan fingerprint density at radius 3 is 2.20 bits per heavy atom. The molecule has 2 aromatic heterocycles. The summed E-state index contributed by atoms with van der Waals surface area (Å²) in [5, 5.41) is 1.01. The highest BCUT2D eigenvalue weighted by Crippen LogP contribution is 2.42. The van der Waals surface area contributed by atoms with Crippen LogP contribution in [0.4, 0.5) is 0 Å². The molecule has 4 aromatic rings. The van der Waals surface area contributed by atoms with Crippen LogP contribution in [0.3, 0.4) is 0 Å². The molecule has 184 valence electrons. The summed E-state index contributed by atoms with van der Waals surface area (Å²) in [6.45, 7) is 2.85. The smallest absolute Gasteiger partial charge is 0.162 e. The Balaban J connectivity index is 2.04. The largest absolute Gasteiger partial charge is 0.493 e. The molecule has 0 aliphatic heterocycles. The molecule has 2 heterocycles. The van der Waals surface area contributed by atoms with Gasteiger partial charge in [-0.2, -0.15) is 0 Å². The molecule has 7 nitrogen and oxygen atoms in total. The third kappa shape index (κ3) is 5.04. The predicted octanol–water partition coefficient (Wildman–Crippen LogP) is 5.91. The lowest BCUT2D eigenvalue weighted by Gasteiger charge is -2.20. The number of hydrogen-bond donors (Lipinski definition) is 0. The molecule has 7 heteroatoms. The van der Waals surface area contributed by atoms with Crippen molar-refractivity contribution in [2.75, 3.05) is 28.4 Å². The third-order valence-electron chi connectivity index (χ3n) is 6.27. The van der Waals surface area contributed by atoms with Gasteiger partial charge in [0.05, 0.1) is 52.5 Å². The molecule has 35 heavy (non-hydrogen) atoms. The van der Waals surface area contributed by atoms with Crippen LogP contribution < -0.4 is 18.9 Å². The number of pyridine rings is 1. The van der Waals surface area contributed by atoms with Gasteiger partial charge in [0.15, 0.2) is 23.0 Å². The Hall–Kier alpha value is -3.74. The van der Waals surface area contributed by atoms with Crippen molar-refractivity contribution in [3.63, 3.8) is 0 Å². The van der Waals surface area contributed by atoms with Crippen LogP contribution in [0.15, 0.2) is 49.1 Å². The lowest BCUT2D eigenvalue weighted by molar-refractivity contribution is 0.355. The molecule has 0 bridgehead atoms. The van der Waals surface area contributed by atoms with Crippen molar-refractivity contribution in [2.45, 2.75) is 39.2 Å². The van der Waals surface area contributed by atoms with E-state index in [1.54, 1.807) is 34.6 Å². The van der Waals surface area contributed by atoms with Gasteiger partial charge in [-0.25, -0.2) is 4.98 Å². The Kier molecular flexibility index (Phi) is 7.75. The summed E-state index contributed by atoms with van der Waals surface area (Å²) in [7, 11) is 6.61. The molecule has 4 rings (SSSR count). The van der Waals surface area contributed by atoms with Gasteiger partial charge in [-0.1, -0.05) is 25.8 Å². The summed E-state index contributed by atoms with van der Waals surface area (Å²) < 4.78 is 24.5. The second kappa shape index (κ2) is 11.1. The zero-order valence-electron chi connectivity index (χ0n) is 21.1. The van der Waals surface area contributed by atoms with E-state index in [1.165, 1.54) is 5.56 Å². The van der Waals surface area contributed by atoms with Gasteiger partial charge in [0.25, 0.3) is 0 Å². The Labute approximate surface area is 206 Å². The van der Waals surface area contributed by atoms with Crippen LogP contribution in [0.2, 0.25) is 0 Å². The third-order valence-corrected chi connectivity index (χ3v) is 6.27. The van der Waals surface area contributed by atoms with Gasteiger partial charge in [0.1, 0.15) is 0 Å². The van der Waals surface area contributed by atoms with E-state index >= 15 is 0 Å². The number of ether oxygens (including phenoxy) is 4. The summed E-state index contributed by atoms with van der Waals surface area (Å²) in [5.41, 5.74) is 5.26. The maximum absolute atomic E-state index is 5.66. The van der Waals surface area contributed by atoms with Crippen molar-refractivity contribution >= 4 is 10.9 Å². The first kappa shape index (κ1) is 24.4. The lowest BCUT2D eigenvalue weighted by Crippen LogP contribution is -2.08. The van der Waals surface area contributed by atoms with Gasteiger partial charge in [0, 0.05) is 23.8 Å². The number of hydrogen-bond acceptors (Lipinski definition) is 6. The molecule has 0 atom stereocenters. The first-order chi connectivity index (χ1) is 17.1. The van der Waals surface area contributed by atoms with Crippen molar-refractivity contribution in [1.29, 1.82) is 0 Å². The minimum atomic E-state index is 0.631. The van der Waals surface area contributed by atoms with Crippen LogP contribution in [0, 0.1) is 0 Å². The van der Waals surface area contributed by atoms with Gasteiger partial charge in [-0.15, -0.1) is 0 Å². The van der Waals surface area contributed by atoms with E-state index in [1.807, 2.05) is 36.8 Å². The van der Waals surface area contributed by atoms with Gasteiger partial charge in [0.2, 0.25) is 0 Å². The van der Waals surface area contributed by atoms with E-state index in [4.69, 9.17) is 23.9 Å². The van der Waals surface area contributed by atoms with Gasteiger partial charge in [-0.3, -0.25) is 4.98 Å². The molecular weight excluding hydrogens is 442 g/mol. The van der Waals surface area contributed by atoms with Crippen molar-refractivity contribution in [3.8, 4) is 34.1 Å². The average Bonchev–Trinajstić information content (AvgIpc) is 3.40. The van der Waals surface area contributed by atoms with Crippen LogP contribution in [0.25, 0.3) is 22.0 Å². The quantitative estimate of drug-likeness (QED) is 0.251. The number of rotatable bonds is 11. The number of unbranched alkanes of at least 4 members (excludes halogenated alkanes) is 2. The second-order valence-electron chi connectivity index (χ2n) is 8.40. The topological polar surface area (TPSA) is 67.6 Å². The molecule has 0 saturated heterocycles. The Bertz CT molecular complexity index is 1290. The van der Waals surface area contributed by atoms with Gasteiger partial charge in [-0.05, 0) is 47.7 Å². The van der Waals surface area contributed by atoms with E-state index in [2.05, 4.69) is 22.5 Å². The van der Waals surface area contributed by atoms with Crippen LogP contribution in [0.5, 0.6) is 23.0 Å². The summed E-state index contributed by atoms with van der Waals surface area (Å²) in [5.74, 6) is 2.70. The monoisotopic (exact) mass is 475 g/mol. The van der Waals surface area contributed by atoms with Crippen molar-refractivity contribution in [1.82, 2.24) is 14.5 Å². The van der Waals surface area contributed by atoms with E-state index < -0.39 is 0 Å². The van der Waals surface area contributed by atoms with E-state index in [0.29, 0.717) is 29.5 Å². The summed E-state index contributed by atoms with van der Waals surface area (Å²) in [6, 6.07) is 10.0. The van der Waals surface area contributed by atoms with Crippen molar-refractivity contribution < 1.29 is 18.9 Å². The summed E-state index contributed by atoms with van der Waals surface area (Å²) >= 11 is 0. The molecule has 0 fully saturated rings. The molecule has 0 unspecified atom stereocenters. The zero-order valence-corrected chi connectivity index (χ0v) is 21.1. The highest BCUT2D eigenvalue weighted by atomic mass is 16.5. The fourth-order valence-electron chi connectivity index (χ4n) is 4.51. The molecule has 0 N–H and O–H groups in total. The molecule has 0 amide bonds. The molecule has 0 saturated carbocycles. The van der Waals surface area contributed by atoms with Crippen molar-refractivity contribution in [2.24, 2.45) is 0 Å². The predicted molar refractivity (Wildman–Crippen MR) is 138 cm³/mol. The van der Waals surface area contributed by atoms with E-state index in [9.17, 15) is 0 Å². The fraction of sp³-hybridized carbons (Fsp3) is 0.357. The number of imidazole rings is 1. The molecule has 2 aromatic carbocycles. The van der Waals surface area contributed by atoms with E-state index in [0.717, 1.165) is 53.4 Å². The maximum Gasteiger partial charge on any atom is 0.162 e. The van der Waals surface area contributed by atoms with Gasteiger partial charge >= 0.3 is 0 Å². The summed E-state index contributed by atoms with van der Waals surface area (Å²) in [4.78, 5) is 9.36. The molecule has 0 radical (unpaired) electrons. The number of fused-ring (bicyclic) bond motifs is 1. The van der Waals surface area contributed by atoms with Gasteiger partial charge < -0.3 is 23.5 Å². The van der Waals surface area contributed by atoms with Crippen LogP contribution in [-0.4, -0.2) is 43.0 Å². The molecule has 0 spiro atoms. The number of aromatic nitrogens is 3. The minimum Gasteiger partial charge on any atom is -0.493 e. The fourth-order valence-corrected chi connectivity index (χ4v) is 4.51. The highest BCUT2D eigenvalue weighted by molar-refractivity contribution is 5.98.